The van der Waals surface area contributed by atoms with Gasteiger partial charge in [-0.15, -0.1) is 0 Å². The molecule has 3 heterocycles. The summed E-state index contributed by atoms with van der Waals surface area (Å²) >= 11 is 0. The number of rotatable bonds is 6. The van der Waals surface area contributed by atoms with Crippen molar-refractivity contribution >= 4 is 29.0 Å². The number of aliphatic hydroxyl groups excluding tert-OH is 2. The molecule has 1 aliphatic carbocycles. The van der Waals surface area contributed by atoms with Gasteiger partial charge in [-0.3, -0.25) is 14.9 Å². The fraction of sp³-hybridized carbons (Fsp3) is 0.500. The van der Waals surface area contributed by atoms with Crippen LogP contribution >= 0.6 is 0 Å². The maximum atomic E-state index is 14.4. The van der Waals surface area contributed by atoms with Gasteiger partial charge < -0.3 is 20.4 Å². The molecule has 2 aliphatic rings. The summed E-state index contributed by atoms with van der Waals surface area (Å²) in [6.45, 7) is 4.97. The molecule has 4 N–H and O–H groups in total. The van der Waals surface area contributed by atoms with Crippen LogP contribution in [0.5, 0.6) is 0 Å². The smallest absolute Gasteiger partial charge is 0.273 e. The van der Waals surface area contributed by atoms with Crippen molar-refractivity contribution in [3.05, 3.63) is 36.2 Å². The highest BCUT2D eigenvalue weighted by Gasteiger charge is 2.39. The van der Waals surface area contributed by atoms with Gasteiger partial charge in [0.15, 0.2) is 5.65 Å². The molecule has 2 fully saturated rings. The average molecular weight is 476 g/mol. The van der Waals surface area contributed by atoms with Crippen LogP contribution in [-0.2, 0) is 0 Å². The molecule has 0 bridgehead atoms. The number of H-pyrrole nitrogens is 1. The molecule has 0 aromatic carbocycles. The number of aromatic amines is 1. The van der Waals surface area contributed by atoms with Crippen molar-refractivity contribution in [2.75, 3.05) is 11.9 Å². The molecule has 4 rings (SSSR count). The summed E-state index contributed by atoms with van der Waals surface area (Å²) in [5.41, 5.74) is 0.652. The Hall–Kier alpha value is -3.25. The molecular formula is C22H27F2N7O3. The van der Waals surface area contributed by atoms with E-state index in [2.05, 4.69) is 37.1 Å². The van der Waals surface area contributed by atoms with Gasteiger partial charge in [0.1, 0.15) is 29.8 Å². The van der Waals surface area contributed by atoms with Crippen molar-refractivity contribution < 1.29 is 23.8 Å². The number of halogens is 2. The van der Waals surface area contributed by atoms with Crippen molar-refractivity contribution in [3.63, 3.8) is 0 Å². The van der Waals surface area contributed by atoms with E-state index in [1.54, 1.807) is 0 Å². The number of allylic oxidation sites excluding steroid dienone is 1. The Morgan fingerprint density at radius 3 is 2.94 bits per heavy atom. The van der Waals surface area contributed by atoms with E-state index in [1.807, 2.05) is 0 Å². The van der Waals surface area contributed by atoms with Crippen LogP contribution in [0.2, 0.25) is 0 Å². The third kappa shape index (κ3) is 4.82. The zero-order chi connectivity index (χ0) is 24.4. The number of nitrogens with one attached hydrogen (secondary N) is 2. The van der Waals surface area contributed by atoms with Crippen LogP contribution in [0.1, 0.15) is 43.1 Å². The lowest BCUT2D eigenvalue weighted by Gasteiger charge is -2.32. The largest absolute Gasteiger partial charge is 0.390 e. The second kappa shape index (κ2) is 9.94. The average Bonchev–Trinajstić information content (AvgIpc) is 3.40. The molecule has 1 saturated carbocycles. The highest BCUT2D eigenvalue weighted by Crippen LogP contribution is 2.31. The van der Waals surface area contributed by atoms with Gasteiger partial charge in [-0.1, -0.05) is 6.58 Å². The lowest BCUT2D eigenvalue weighted by atomic mass is 9.90. The molecule has 1 amide bonds. The van der Waals surface area contributed by atoms with E-state index in [-0.39, 0.29) is 30.1 Å². The van der Waals surface area contributed by atoms with Gasteiger partial charge >= 0.3 is 0 Å². The molecule has 1 saturated heterocycles. The van der Waals surface area contributed by atoms with E-state index >= 15 is 0 Å². The lowest BCUT2D eigenvalue weighted by molar-refractivity contribution is -0.0161. The van der Waals surface area contributed by atoms with E-state index < -0.39 is 42.2 Å². The molecule has 2 aromatic heterocycles. The highest BCUT2D eigenvalue weighted by molar-refractivity contribution is 6.08. The fourth-order valence-corrected chi connectivity index (χ4v) is 4.44. The number of hydrogen-bond donors (Lipinski definition) is 4. The number of aliphatic hydroxyl groups is 2. The van der Waals surface area contributed by atoms with Gasteiger partial charge in [0.25, 0.3) is 5.91 Å². The number of aromatic nitrogens is 4. The number of carbonyl (C=O) groups excluding carboxylic acids is 1. The van der Waals surface area contributed by atoms with Crippen LogP contribution in [0, 0.1) is 0 Å². The predicted molar refractivity (Wildman–Crippen MR) is 122 cm³/mol. The summed E-state index contributed by atoms with van der Waals surface area (Å²) in [6, 6.07) is -1.15. The quantitative estimate of drug-likeness (QED) is 0.469. The lowest BCUT2D eigenvalue weighted by Crippen LogP contribution is -2.45. The molecule has 10 nitrogen and oxygen atoms in total. The Balaban J connectivity index is 1.63. The Bertz CT molecular complexity index is 1130. The molecule has 0 radical (unpaired) electrons. The molecule has 2 aromatic rings. The zero-order valence-corrected chi connectivity index (χ0v) is 18.7. The summed E-state index contributed by atoms with van der Waals surface area (Å²) < 4.78 is 27.3. The van der Waals surface area contributed by atoms with Crippen LogP contribution in [0.25, 0.3) is 11.0 Å². The summed E-state index contributed by atoms with van der Waals surface area (Å²) in [6.07, 6.45) is 2.34. The van der Waals surface area contributed by atoms with Gasteiger partial charge in [-0.25, -0.2) is 18.7 Å². The van der Waals surface area contributed by atoms with Crippen LogP contribution in [0.15, 0.2) is 35.5 Å². The predicted octanol–water partition coefficient (Wildman–Crippen LogP) is 2.05. The first-order chi connectivity index (χ1) is 16.3. The third-order valence-electron chi connectivity index (χ3n) is 6.14. The Morgan fingerprint density at radius 1 is 1.38 bits per heavy atom. The molecule has 5 atom stereocenters. The van der Waals surface area contributed by atoms with E-state index in [1.165, 1.54) is 24.4 Å². The van der Waals surface area contributed by atoms with Crippen LogP contribution in [0.3, 0.4) is 0 Å². The Labute approximate surface area is 194 Å². The number of nitrogens with zero attached hydrogens (tertiary/aromatic N) is 5. The maximum absolute atomic E-state index is 14.4. The second-order valence-corrected chi connectivity index (χ2v) is 8.63. The topological polar surface area (TPSA) is 140 Å². The second-order valence-electron chi connectivity index (χ2n) is 8.63. The number of fused-ring (bicyclic) bond motifs is 1. The summed E-state index contributed by atoms with van der Waals surface area (Å²) in [5.74, 6) is -0.746. The fourth-order valence-electron chi connectivity index (χ4n) is 4.44. The van der Waals surface area contributed by atoms with Crippen LogP contribution in [0.4, 0.5) is 14.6 Å². The number of alkyl halides is 1. The summed E-state index contributed by atoms with van der Waals surface area (Å²) in [7, 11) is 0. The first-order valence-electron chi connectivity index (χ1n) is 11.1. The minimum Gasteiger partial charge on any atom is -0.390 e. The van der Waals surface area contributed by atoms with Crippen molar-refractivity contribution in [2.24, 2.45) is 4.99 Å². The van der Waals surface area contributed by atoms with Gasteiger partial charge in [0.05, 0.1) is 42.4 Å². The van der Waals surface area contributed by atoms with Crippen molar-refractivity contribution in [3.8, 4) is 0 Å². The SMILES string of the molecule is C=C(C=N/C=C(\C)F)[C@H]1C[C@H](F)CN1C(=O)c1[nH]nc2ncnc(N[C@@H]3CCC[C@@H](O)[C@H]3O)c12. The maximum Gasteiger partial charge on any atom is 0.273 e. The molecule has 12 heteroatoms. The standard InChI is InChI=1S/C22H27F2N7O3/c1-11(7-25-8-12(2)23)15-6-13(24)9-31(15)22(34)18-17-20(26-10-27-21(17)30-29-18)28-14-4-3-5-16(32)19(14)33/h7-8,10,13-16,19,32-33H,1,3-6,9H2,2H3,(H2,26,27,28,29,30)/b12-8+,25-7?/t13-,14+,15+,16+,19-/m0/s1. The van der Waals surface area contributed by atoms with E-state index in [0.29, 0.717) is 23.8 Å². The monoisotopic (exact) mass is 475 g/mol. The number of anilines is 1. The molecule has 34 heavy (non-hydrogen) atoms. The van der Waals surface area contributed by atoms with E-state index in [9.17, 15) is 23.8 Å². The Morgan fingerprint density at radius 2 is 2.18 bits per heavy atom. The number of hydrogen-bond acceptors (Lipinski definition) is 8. The molecule has 0 spiro atoms. The molecular weight excluding hydrogens is 448 g/mol. The van der Waals surface area contributed by atoms with Gasteiger partial charge in [-0.2, -0.15) is 5.10 Å². The minimum atomic E-state index is -1.26. The van der Waals surface area contributed by atoms with Crippen molar-refractivity contribution in [1.29, 1.82) is 0 Å². The van der Waals surface area contributed by atoms with E-state index in [0.717, 1.165) is 12.6 Å². The van der Waals surface area contributed by atoms with Crippen LogP contribution < -0.4 is 5.32 Å². The van der Waals surface area contributed by atoms with Gasteiger partial charge in [-0.05, 0) is 31.8 Å². The van der Waals surface area contributed by atoms with Crippen LogP contribution in [-0.4, -0.2) is 84.4 Å². The zero-order valence-electron chi connectivity index (χ0n) is 18.7. The third-order valence-corrected chi connectivity index (χ3v) is 6.14. The van der Waals surface area contributed by atoms with E-state index in [4.69, 9.17) is 0 Å². The van der Waals surface area contributed by atoms with Crippen molar-refractivity contribution in [2.45, 2.75) is 63.1 Å². The number of amides is 1. The highest BCUT2D eigenvalue weighted by atomic mass is 19.1. The summed E-state index contributed by atoms with van der Waals surface area (Å²) in [5, 5.41) is 30.5. The summed E-state index contributed by atoms with van der Waals surface area (Å²) in [4.78, 5) is 27.0. The molecule has 0 unspecified atom stereocenters. The number of aliphatic imine (C=N–C) groups is 1. The minimum absolute atomic E-state index is 0.0365. The Kier molecular flexibility index (Phi) is 6.98. The molecule has 182 valence electrons. The first-order valence-corrected chi connectivity index (χ1v) is 11.1. The normalized spacial score (nSPS) is 28.1. The van der Waals surface area contributed by atoms with Gasteiger partial charge in [0, 0.05) is 12.6 Å². The number of carbonyl (C=O) groups is 1. The van der Waals surface area contributed by atoms with Gasteiger partial charge in [0.2, 0.25) is 0 Å². The number of likely N-dealkylation sites (tertiary alicyclic amines) is 1. The van der Waals surface area contributed by atoms with Crippen molar-refractivity contribution in [1.82, 2.24) is 25.1 Å². The molecule has 1 aliphatic heterocycles. The first kappa shape index (κ1) is 23.9.